The molecule has 0 radical (unpaired) electrons. The predicted octanol–water partition coefficient (Wildman–Crippen LogP) is 2.66. The van der Waals surface area contributed by atoms with Gasteiger partial charge in [0.15, 0.2) is 5.13 Å². The Hall–Kier alpha value is -2.41. The molecule has 6 nitrogen and oxygen atoms in total. The van der Waals surface area contributed by atoms with Crippen LogP contribution in [0.3, 0.4) is 0 Å². The van der Waals surface area contributed by atoms with E-state index in [-0.39, 0.29) is 12.0 Å². The third kappa shape index (κ3) is 2.87. The molecule has 1 aliphatic rings. The third-order valence-electron chi connectivity index (χ3n) is 3.04. The minimum atomic E-state index is -0.356. The number of rotatable bonds is 3. The van der Waals surface area contributed by atoms with Crippen molar-refractivity contribution in [1.29, 1.82) is 0 Å². The van der Waals surface area contributed by atoms with Crippen molar-refractivity contribution in [3.05, 3.63) is 40.9 Å². The molecule has 21 heavy (non-hydrogen) atoms. The van der Waals surface area contributed by atoms with E-state index in [9.17, 15) is 9.59 Å². The Morgan fingerprint density at radius 1 is 1.38 bits per heavy atom. The lowest BCUT2D eigenvalue weighted by molar-refractivity contribution is 0.102. The van der Waals surface area contributed by atoms with E-state index in [1.807, 2.05) is 6.92 Å². The second-order valence-electron chi connectivity index (χ2n) is 4.54. The van der Waals surface area contributed by atoms with E-state index in [2.05, 4.69) is 10.3 Å². The number of carbonyl (C=O) groups excluding carboxylic acids is 2. The van der Waals surface area contributed by atoms with Crippen LogP contribution in [-0.2, 0) is 4.74 Å². The molecule has 0 saturated carbocycles. The maximum absolute atomic E-state index is 12.1. The molecular weight excluding hydrogens is 290 g/mol. The fourth-order valence-corrected chi connectivity index (χ4v) is 2.66. The van der Waals surface area contributed by atoms with Crippen molar-refractivity contribution >= 4 is 34.2 Å². The lowest BCUT2D eigenvalue weighted by Gasteiger charge is -2.12. The van der Waals surface area contributed by atoms with E-state index < -0.39 is 0 Å². The van der Waals surface area contributed by atoms with Crippen LogP contribution in [0.4, 0.5) is 15.6 Å². The third-order valence-corrected chi connectivity index (χ3v) is 3.87. The van der Waals surface area contributed by atoms with Gasteiger partial charge >= 0.3 is 6.09 Å². The quantitative estimate of drug-likeness (QED) is 0.946. The second kappa shape index (κ2) is 5.53. The number of anilines is 2. The van der Waals surface area contributed by atoms with E-state index in [1.54, 1.807) is 30.5 Å². The summed E-state index contributed by atoms with van der Waals surface area (Å²) in [4.78, 5) is 30.2. The van der Waals surface area contributed by atoms with Crippen molar-refractivity contribution in [2.45, 2.75) is 6.92 Å². The fourth-order valence-electron chi connectivity index (χ4n) is 2.00. The number of aromatic nitrogens is 1. The van der Waals surface area contributed by atoms with Gasteiger partial charge in [0.25, 0.3) is 5.91 Å². The van der Waals surface area contributed by atoms with Crippen LogP contribution in [0.1, 0.15) is 15.2 Å². The highest BCUT2D eigenvalue weighted by molar-refractivity contribution is 7.15. The summed E-state index contributed by atoms with van der Waals surface area (Å²) >= 11 is 1.42. The maximum Gasteiger partial charge on any atom is 0.414 e. The first-order valence-corrected chi connectivity index (χ1v) is 7.23. The number of hydrogen-bond acceptors (Lipinski definition) is 5. The molecule has 2 heterocycles. The number of hydrogen-bond donors (Lipinski definition) is 1. The lowest BCUT2D eigenvalue weighted by atomic mass is 10.2. The summed E-state index contributed by atoms with van der Waals surface area (Å²) in [6, 6.07) is 6.82. The molecule has 0 spiro atoms. The summed E-state index contributed by atoms with van der Waals surface area (Å²) in [7, 11) is 0. The first-order chi connectivity index (χ1) is 10.1. The molecule has 2 aromatic rings. The van der Waals surface area contributed by atoms with Gasteiger partial charge in [0.2, 0.25) is 0 Å². The monoisotopic (exact) mass is 303 g/mol. The number of nitrogens with zero attached hydrogens (tertiary/aromatic N) is 2. The van der Waals surface area contributed by atoms with Gasteiger partial charge in [0.1, 0.15) is 6.61 Å². The Morgan fingerprint density at radius 2 is 2.14 bits per heavy atom. The Kier molecular flexibility index (Phi) is 3.57. The number of aryl methyl sites for hydroxylation is 1. The summed E-state index contributed by atoms with van der Waals surface area (Å²) in [5, 5.41) is 3.31. The number of nitrogens with one attached hydrogen (secondary N) is 1. The highest BCUT2D eigenvalue weighted by atomic mass is 32.1. The van der Waals surface area contributed by atoms with Crippen LogP contribution in [0, 0.1) is 6.92 Å². The van der Waals surface area contributed by atoms with Crippen LogP contribution < -0.4 is 10.2 Å². The number of carbonyl (C=O) groups is 2. The van der Waals surface area contributed by atoms with Gasteiger partial charge in [0.05, 0.1) is 6.54 Å². The average Bonchev–Trinajstić information content (AvgIpc) is 3.08. The summed E-state index contributed by atoms with van der Waals surface area (Å²) < 4.78 is 4.88. The lowest BCUT2D eigenvalue weighted by Crippen LogP contribution is -2.23. The van der Waals surface area contributed by atoms with E-state index in [0.717, 1.165) is 10.6 Å². The summed E-state index contributed by atoms with van der Waals surface area (Å²) in [5.41, 5.74) is 1.23. The van der Waals surface area contributed by atoms with Gasteiger partial charge in [-0.3, -0.25) is 15.0 Å². The molecule has 7 heteroatoms. The van der Waals surface area contributed by atoms with Gasteiger partial charge < -0.3 is 4.74 Å². The van der Waals surface area contributed by atoms with Gasteiger partial charge in [-0.25, -0.2) is 9.78 Å². The van der Waals surface area contributed by atoms with Crippen molar-refractivity contribution < 1.29 is 14.3 Å². The molecule has 1 N–H and O–H groups in total. The summed E-state index contributed by atoms with van der Waals surface area (Å²) in [6.45, 7) is 2.85. The van der Waals surface area contributed by atoms with Gasteiger partial charge in [-0.1, -0.05) is 0 Å². The molecule has 1 aliphatic heterocycles. The number of cyclic esters (lactones) is 1. The van der Waals surface area contributed by atoms with E-state index in [4.69, 9.17) is 4.74 Å². The van der Waals surface area contributed by atoms with Gasteiger partial charge in [0, 0.05) is 22.3 Å². The molecule has 1 aromatic carbocycles. The summed E-state index contributed by atoms with van der Waals surface area (Å²) in [5.74, 6) is -0.222. The first kappa shape index (κ1) is 13.6. The van der Waals surface area contributed by atoms with Crippen LogP contribution in [-0.4, -0.2) is 30.1 Å². The van der Waals surface area contributed by atoms with E-state index in [0.29, 0.717) is 23.8 Å². The number of ether oxygens (including phenoxy) is 1. The molecule has 108 valence electrons. The van der Waals surface area contributed by atoms with Gasteiger partial charge in [-0.05, 0) is 31.2 Å². The van der Waals surface area contributed by atoms with E-state index in [1.165, 1.54) is 16.2 Å². The normalized spacial score (nSPS) is 14.1. The molecule has 1 fully saturated rings. The molecule has 0 bridgehead atoms. The van der Waals surface area contributed by atoms with Crippen molar-refractivity contribution in [3.8, 4) is 0 Å². The molecule has 0 aliphatic carbocycles. The Balaban J connectivity index is 1.71. The zero-order valence-electron chi connectivity index (χ0n) is 11.3. The van der Waals surface area contributed by atoms with Crippen LogP contribution in [0.5, 0.6) is 0 Å². The molecule has 0 atom stereocenters. The smallest absolute Gasteiger partial charge is 0.414 e. The summed E-state index contributed by atoms with van der Waals surface area (Å²) in [6.07, 6.45) is 1.35. The highest BCUT2D eigenvalue weighted by Crippen LogP contribution is 2.21. The minimum Gasteiger partial charge on any atom is -0.447 e. The Labute approximate surface area is 125 Å². The van der Waals surface area contributed by atoms with Gasteiger partial charge in [-0.15, -0.1) is 11.3 Å². The zero-order valence-corrected chi connectivity index (χ0v) is 12.1. The molecular formula is C14H13N3O3S. The number of thiazole rings is 1. The van der Waals surface area contributed by atoms with Crippen LogP contribution in [0.15, 0.2) is 30.5 Å². The predicted molar refractivity (Wildman–Crippen MR) is 79.9 cm³/mol. The van der Waals surface area contributed by atoms with Crippen LogP contribution in [0.2, 0.25) is 0 Å². The standard InChI is InChI=1S/C14H13N3O3S/c1-9-8-15-13(21-9)16-12(18)10-2-4-11(5-3-10)17-6-7-20-14(17)19/h2-5,8H,6-7H2,1H3,(H,15,16,18). The molecule has 1 aromatic heterocycles. The van der Waals surface area contributed by atoms with Crippen LogP contribution in [0.25, 0.3) is 0 Å². The van der Waals surface area contributed by atoms with Crippen LogP contribution >= 0.6 is 11.3 Å². The van der Waals surface area contributed by atoms with Gasteiger partial charge in [-0.2, -0.15) is 0 Å². The van der Waals surface area contributed by atoms with E-state index >= 15 is 0 Å². The maximum atomic E-state index is 12.1. The Bertz CT molecular complexity index is 681. The molecule has 1 saturated heterocycles. The van der Waals surface area contributed by atoms with Crippen molar-refractivity contribution in [1.82, 2.24) is 4.98 Å². The Morgan fingerprint density at radius 3 is 2.71 bits per heavy atom. The topological polar surface area (TPSA) is 71.5 Å². The van der Waals surface area contributed by atoms with Crippen molar-refractivity contribution in [2.75, 3.05) is 23.4 Å². The number of amides is 2. The minimum absolute atomic E-state index is 0.222. The fraction of sp³-hybridized carbons (Fsp3) is 0.214. The SMILES string of the molecule is Cc1cnc(NC(=O)c2ccc(N3CCOC3=O)cc2)s1. The van der Waals surface area contributed by atoms with Crippen molar-refractivity contribution in [3.63, 3.8) is 0 Å². The highest BCUT2D eigenvalue weighted by Gasteiger charge is 2.23. The molecule has 2 amide bonds. The van der Waals surface area contributed by atoms with Crippen molar-refractivity contribution in [2.24, 2.45) is 0 Å². The molecule has 0 unspecified atom stereocenters. The number of benzene rings is 1. The second-order valence-corrected chi connectivity index (χ2v) is 5.78. The first-order valence-electron chi connectivity index (χ1n) is 6.41. The largest absolute Gasteiger partial charge is 0.447 e. The molecule has 3 rings (SSSR count). The average molecular weight is 303 g/mol. The zero-order chi connectivity index (χ0) is 14.8.